The maximum atomic E-state index is 12.1. The van der Waals surface area contributed by atoms with Crippen LogP contribution in [0.2, 0.25) is 5.02 Å². The van der Waals surface area contributed by atoms with E-state index in [2.05, 4.69) is 57.2 Å². The molecule has 0 spiro atoms. The van der Waals surface area contributed by atoms with E-state index in [1.807, 2.05) is 12.1 Å². The molecule has 1 fully saturated rings. The van der Waals surface area contributed by atoms with E-state index in [-0.39, 0.29) is 10.6 Å². The predicted molar refractivity (Wildman–Crippen MR) is 160 cm³/mol. The molecule has 4 rings (SSSR count). The van der Waals surface area contributed by atoms with Crippen LogP contribution < -0.4 is 24.6 Å². The topological polar surface area (TPSA) is 103 Å². The Morgan fingerprint density at radius 2 is 1.72 bits per heavy atom. The second kappa shape index (κ2) is 11.4. The Morgan fingerprint density at radius 1 is 1.03 bits per heavy atom. The molecule has 2 N–H and O–H groups in total. The van der Waals surface area contributed by atoms with Crippen LogP contribution in [0.25, 0.3) is 0 Å². The maximum absolute atomic E-state index is 12.1. The van der Waals surface area contributed by atoms with Crippen molar-refractivity contribution in [1.82, 2.24) is 14.9 Å². The van der Waals surface area contributed by atoms with Crippen LogP contribution in [0.15, 0.2) is 48.7 Å². The first-order valence-electron chi connectivity index (χ1n) is 12.6. The zero-order valence-corrected chi connectivity index (χ0v) is 24.8. The molecular weight excluding hydrogens is 538 g/mol. The van der Waals surface area contributed by atoms with Crippen LogP contribution in [-0.2, 0) is 10.0 Å². The molecule has 39 heavy (non-hydrogen) atoms. The normalized spacial score (nSPS) is 14.7. The number of benzene rings is 2. The predicted octanol–water partition coefficient (Wildman–Crippen LogP) is 4.94. The summed E-state index contributed by atoms with van der Waals surface area (Å²) in [6.45, 7) is 10.6. The van der Waals surface area contributed by atoms with Crippen molar-refractivity contribution in [3.8, 4) is 5.75 Å². The third-order valence-electron chi connectivity index (χ3n) is 6.76. The summed E-state index contributed by atoms with van der Waals surface area (Å²) in [6.07, 6.45) is 2.63. The van der Waals surface area contributed by atoms with Crippen molar-refractivity contribution in [2.24, 2.45) is 0 Å². The average Bonchev–Trinajstić information content (AvgIpc) is 2.90. The summed E-state index contributed by atoms with van der Waals surface area (Å²) in [7, 11) is -0.340. The van der Waals surface area contributed by atoms with Crippen LogP contribution in [0.4, 0.5) is 34.5 Å². The first kappa shape index (κ1) is 28.7. The van der Waals surface area contributed by atoms with Crippen LogP contribution >= 0.6 is 11.6 Å². The molecule has 2 aromatic carbocycles. The van der Waals surface area contributed by atoms with Crippen LogP contribution in [0.3, 0.4) is 0 Å². The summed E-state index contributed by atoms with van der Waals surface area (Å²) in [6, 6.07) is 13.0. The standard InChI is InChI=1S/C27H36ClN7O3S/c1-27(2,3)35-15-13-34(14-16-35)19-11-12-22(24(17-19)38-5)31-26-29-18-20(28)25(32-26)30-21-9-7-8-10-23(21)33(4)39(6,36)37/h7-12,17-18H,13-16H2,1-6H3,(H2,29,30,31,32). The van der Waals surface area contributed by atoms with E-state index in [4.69, 9.17) is 16.3 Å². The highest BCUT2D eigenvalue weighted by Gasteiger charge is 2.26. The molecule has 0 unspecified atom stereocenters. The summed E-state index contributed by atoms with van der Waals surface area (Å²) in [4.78, 5) is 13.7. The number of nitrogens with zero attached hydrogens (tertiary/aromatic N) is 5. The van der Waals surface area contributed by atoms with Gasteiger partial charge in [0, 0.05) is 50.5 Å². The van der Waals surface area contributed by atoms with E-state index in [0.717, 1.165) is 38.1 Å². The second-order valence-electron chi connectivity index (χ2n) is 10.4. The van der Waals surface area contributed by atoms with Crippen LogP contribution in [0.5, 0.6) is 5.75 Å². The van der Waals surface area contributed by atoms with E-state index in [1.54, 1.807) is 31.4 Å². The van der Waals surface area contributed by atoms with Crippen molar-refractivity contribution in [3.05, 3.63) is 53.7 Å². The van der Waals surface area contributed by atoms with Crippen molar-refractivity contribution in [2.75, 3.05) is 66.4 Å². The number of sulfonamides is 1. The molecule has 1 saturated heterocycles. The summed E-state index contributed by atoms with van der Waals surface area (Å²) < 4.78 is 31.1. The summed E-state index contributed by atoms with van der Waals surface area (Å²) in [5.41, 5.74) is 2.96. The van der Waals surface area contributed by atoms with Gasteiger partial charge in [0.05, 0.1) is 36.6 Å². The van der Waals surface area contributed by atoms with Gasteiger partial charge >= 0.3 is 0 Å². The van der Waals surface area contributed by atoms with Gasteiger partial charge in [-0.25, -0.2) is 13.4 Å². The Morgan fingerprint density at radius 3 is 2.36 bits per heavy atom. The molecule has 0 atom stereocenters. The quantitative estimate of drug-likeness (QED) is 0.388. The van der Waals surface area contributed by atoms with Crippen LogP contribution in [0, 0.1) is 0 Å². The van der Waals surface area contributed by atoms with Gasteiger partial charge in [0.15, 0.2) is 5.82 Å². The monoisotopic (exact) mass is 573 g/mol. The molecular formula is C27H36ClN7O3S. The van der Waals surface area contributed by atoms with E-state index in [0.29, 0.717) is 34.6 Å². The van der Waals surface area contributed by atoms with Gasteiger partial charge in [-0.15, -0.1) is 0 Å². The Bertz CT molecular complexity index is 1420. The number of hydrogen-bond acceptors (Lipinski definition) is 9. The molecule has 1 aliphatic heterocycles. The molecule has 12 heteroatoms. The molecule has 0 saturated carbocycles. The lowest BCUT2D eigenvalue weighted by molar-refractivity contribution is 0.128. The van der Waals surface area contributed by atoms with E-state index in [9.17, 15) is 8.42 Å². The minimum atomic E-state index is -3.46. The minimum Gasteiger partial charge on any atom is -0.494 e. The molecule has 1 aromatic heterocycles. The van der Waals surface area contributed by atoms with E-state index >= 15 is 0 Å². The Hall–Kier alpha value is -3.28. The number of rotatable bonds is 8. The molecule has 0 bridgehead atoms. The average molecular weight is 574 g/mol. The zero-order valence-electron chi connectivity index (χ0n) is 23.2. The SMILES string of the molecule is COc1cc(N2CCN(C(C)(C)C)CC2)ccc1Nc1ncc(Cl)c(Nc2ccccc2N(C)S(C)(=O)=O)n1. The maximum Gasteiger partial charge on any atom is 0.232 e. The molecule has 3 aromatic rings. The van der Waals surface area contributed by atoms with E-state index in [1.165, 1.54) is 17.5 Å². The largest absolute Gasteiger partial charge is 0.494 e. The van der Waals surface area contributed by atoms with Gasteiger partial charge in [-0.3, -0.25) is 9.21 Å². The number of ether oxygens (including phenoxy) is 1. The fourth-order valence-electron chi connectivity index (χ4n) is 4.41. The van der Waals surface area contributed by atoms with Crippen molar-refractivity contribution in [2.45, 2.75) is 26.3 Å². The van der Waals surface area contributed by atoms with Crippen molar-refractivity contribution < 1.29 is 13.2 Å². The summed E-state index contributed by atoms with van der Waals surface area (Å²) >= 11 is 6.39. The fraction of sp³-hybridized carbons (Fsp3) is 0.407. The molecule has 2 heterocycles. The van der Waals surface area contributed by atoms with Gasteiger partial charge < -0.3 is 20.3 Å². The number of halogens is 1. The van der Waals surface area contributed by atoms with Gasteiger partial charge in [0.25, 0.3) is 0 Å². The van der Waals surface area contributed by atoms with E-state index < -0.39 is 10.0 Å². The Balaban J connectivity index is 1.53. The van der Waals surface area contributed by atoms with Crippen molar-refractivity contribution in [1.29, 1.82) is 0 Å². The lowest BCUT2D eigenvalue weighted by Gasteiger charge is -2.43. The highest BCUT2D eigenvalue weighted by Crippen LogP contribution is 2.34. The first-order chi connectivity index (χ1) is 18.4. The second-order valence-corrected chi connectivity index (χ2v) is 12.8. The van der Waals surface area contributed by atoms with Gasteiger partial charge in [0.2, 0.25) is 16.0 Å². The number of anilines is 6. The minimum absolute atomic E-state index is 0.162. The number of nitrogens with one attached hydrogen (secondary N) is 2. The Labute approximate surface area is 236 Å². The van der Waals surface area contributed by atoms with Crippen molar-refractivity contribution in [3.63, 3.8) is 0 Å². The third-order valence-corrected chi connectivity index (χ3v) is 8.23. The molecule has 0 amide bonds. The molecule has 10 nitrogen and oxygen atoms in total. The summed E-state index contributed by atoms with van der Waals surface area (Å²) in [5, 5.41) is 6.65. The van der Waals surface area contributed by atoms with Gasteiger partial charge in [-0.2, -0.15) is 4.98 Å². The number of hydrogen-bond donors (Lipinski definition) is 2. The number of piperazine rings is 1. The smallest absolute Gasteiger partial charge is 0.232 e. The molecule has 1 aliphatic rings. The highest BCUT2D eigenvalue weighted by molar-refractivity contribution is 7.92. The number of para-hydroxylation sites is 2. The number of methoxy groups -OCH3 is 1. The van der Waals surface area contributed by atoms with Gasteiger partial charge in [-0.05, 0) is 45.0 Å². The highest BCUT2D eigenvalue weighted by atomic mass is 35.5. The fourth-order valence-corrected chi connectivity index (χ4v) is 5.07. The van der Waals surface area contributed by atoms with Gasteiger partial charge in [0.1, 0.15) is 10.8 Å². The lowest BCUT2D eigenvalue weighted by Crippen LogP contribution is -2.53. The summed E-state index contributed by atoms with van der Waals surface area (Å²) in [5.74, 6) is 1.30. The van der Waals surface area contributed by atoms with Crippen molar-refractivity contribution >= 4 is 56.1 Å². The Kier molecular flexibility index (Phi) is 8.43. The number of aromatic nitrogens is 2. The molecule has 0 aliphatic carbocycles. The molecule has 210 valence electrons. The molecule has 0 radical (unpaired) electrons. The van der Waals surface area contributed by atoms with Crippen LogP contribution in [-0.4, -0.2) is 75.4 Å². The lowest BCUT2D eigenvalue weighted by atomic mass is 10.0. The van der Waals surface area contributed by atoms with Crippen LogP contribution in [0.1, 0.15) is 20.8 Å². The van der Waals surface area contributed by atoms with Gasteiger partial charge in [-0.1, -0.05) is 23.7 Å². The first-order valence-corrected chi connectivity index (χ1v) is 14.9. The third kappa shape index (κ3) is 6.84. The zero-order chi connectivity index (χ0) is 28.4.